The standard InChI is InChI=1S/C23H25N3O4S2/c1-2-30-20-11-10-17(32(28,29)26-14-6-3-7-15-26)16-19(20)24-22(27)12-13-23-25-18-8-4-5-9-21(18)31-23/h4-5,8-13,16H,2-3,6-7,14-15H2,1H3,(H,24,27)/b13-12+. The van der Waals surface area contributed by atoms with Gasteiger partial charge in [0.15, 0.2) is 0 Å². The minimum absolute atomic E-state index is 0.147. The molecule has 2 aromatic carbocycles. The van der Waals surface area contributed by atoms with Crippen molar-refractivity contribution < 1.29 is 17.9 Å². The number of anilines is 1. The van der Waals surface area contributed by atoms with Crippen LogP contribution in [0.5, 0.6) is 5.75 Å². The van der Waals surface area contributed by atoms with Crippen LogP contribution in [0, 0.1) is 0 Å². The summed E-state index contributed by atoms with van der Waals surface area (Å²) in [5.74, 6) is 0.0320. The van der Waals surface area contributed by atoms with Gasteiger partial charge in [-0.15, -0.1) is 11.3 Å². The van der Waals surface area contributed by atoms with Gasteiger partial charge in [-0.3, -0.25) is 4.79 Å². The van der Waals surface area contributed by atoms with E-state index in [1.54, 1.807) is 12.1 Å². The summed E-state index contributed by atoms with van der Waals surface area (Å²) in [6.07, 6.45) is 5.79. The molecule has 0 bridgehead atoms. The fourth-order valence-corrected chi connectivity index (χ4v) is 6.00. The predicted octanol–water partition coefficient (Wildman–Crippen LogP) is 4.52. The van der Waals surface area contributed by atoms with Gasteiger partial charge in [0.05, 0.1) is 27.4 Å². The van der Waals surface area contributed by atoms with Crippen molar-refractivity contribution in [3.8, 4) is 5.75 Å². The van der Waals surface area contributed by atoms with E-state index in [2.05, 4.69) is 10.3 Å². The molecule has 32 heavy (non-hydrogen) atoms. The average molecular weight is 472 g/mol. The smallest absolute Gasteiger partial charge is 0.248 e. The van der Waals surface area contributed by atoms with Gasteiger partial charge in [-0.1, -0.05) is 18.6 Å². The number of nitrogens with zero attached hydrogens (tertiary/aromatic N) is 2. The zero-order valence-corrected chi connectivity index (χ0v) is 19.4. The summed E-state index contributed by atoms with van der Waals surface area (Å²) in [5.41, 5.74) is 1.20. The molecule has 2 heterocycles. The molecule has 9 heteroatoms. The number of piperidine rings is 1. The number of amides is 1. The minimum atomic E-state index is -3.62. The van der Waals surface area contributed by atoms with Gasteiger partial charge in [-0.2, -0.15) is 4.31 Å². The first-order chi connectivity index (χ1) is 15.5. The molecule has 0 unspecified atom stereocenters. The van der Waals surface area contributed by atoms with Crippen LogP contribution < -0.4 is 10.1 Å². The summed E-state index contributed by atoms with van der Waals surface area (Å²) in [6.45, 7) is 3.25. The fourth-order valence-electron chi connectivity index (χ4n) is 3.59. The van der Waals surface area contributed by atoms with Crippen molar-refractivity contribution in [2.24, 2.45) is 0 Å². The Morgan fingerprint density at radius 2 is 1.97 bits per heavy atom. The number of fused-ring (bicyclic) bond motifs is 1. The molecule has 7 nitrogen and oxygen atoms in total. The summed E-state index contributed by atoms with van der Waals surface area (Å²) in [6, 6.07) is 12.4. The molecule has 1 saturated heterocycles. The second kappa shape index (κ2) is 9.81. The van der Waals surface area contributed by atoms with Crippen LogP contribution in [0.1, 0.15) is 31.2 Å². The van der Waals surface area contributed by atoms with Gasteiger partial charge < -0.3 is 10.1 Å². The number of carbonyl (C=O) groups excluding carboxylic acids is 1. The van der Waals surface area contributed by atoms with E-state index in [1.165, 1.54) is 33.9 Å². The van der Waals surface area contributed by atoms with Crippen molar-refractivity contribution in [3.05, 3.63) is 53.5 Å². The van der Waals surface area contributed by atoms with Gasteiger partial charge in [-0.05, 0) is 56.2 Å². The molecular formula is C23H25N3O4S2. The molecule has 168 valence electrons. The zero-order valence-electron chi connectivity index (χ0n) is 17.8. The van der Waals surface area contributed by atoms with E-state index < -0.39 is 15.9 Å². The highest BCUT2D eigenvalue weighted by Crippen LogP contribution is 2.30. The molecule has 0 radical (unpaired) electrons. The molecule has 0 saturated carbocycles. The Morgan fingerprint density at radius 1 is 1.19 bits per heavy atom. The number of sulfonamides is 1. The number of hydrogen-bond donors (Lipinski definition) is 1. The van der Waals surface area contributed by atoms with Gasteiger partial charge in [0.1, 0.15) is 10.8 Å². The summed E-state index contributed by atoms with van der Waals surface area (Å²) >= 11 is 1.49. The van der Waals surface area contributed by atoms with Gasteiger partial charge in [0.2, 0.25) is 15.9 Å². The number of benzene rings is 2. The van der Waals surface area contributed by atoms with Crippen molar-refractivity contribution in [2.75, 3.05) is 25.0 Å². The number of para-hydroxylation sites is 1. The molecule has 1 fully saturated rings. The Bertz CT molecular complexity index is 1210. The Balaban J connectivity index is 1.55. The number of hydrogen-bond acceptors (Lipinski definition) is 6. The van der Waals surface area contributed by atoms with Gasteiger partial charge >= 0.3 is 0 Å². The first kappa shape index (κ1) is 22.4. The van der Waals surface area contributed by atoms with Crippen LogP contribution in [0.2, 0.25) is 0 Å². The van der Waals surface area contributed by atoms with Crippen LogP contribution in [-0.2, 0) is 14.8 Å². The van der Waals surface area contributed by atoms with E-state index in [0.29, 0.717) is 36.1 Å². The SMILES string of the molecule is CCOc1ccc(S(=O)(=O)N2CCCCC2)cc1NC(=O)/C=C/c1nc2ccccc2s1. The summed E-state index contributed by atoms with van der Waals surface area (Å²) in [7, 11) is -3.62. The van der Waals surface area contributed by atoms with E-state index in [-0.39, 0.29) is 4.90 Å². The second-order valence-electron chi connectivity index (χ2n) is 7.40. The van der Waals surface area contributed by atoms with Crippen molar-refractivity contribution >= 4 is 49.2 Å². The van der Waals surface area contributed by atoms with Crippen LogP contribution in [0.4, 0.5) is 5.69 Å². The van der Waals surface area contributed by atoms with Crippen molar-refractivity contribution in [1.82, 2.24) is 9.29 Å². The van der Waals surface area contributed by atoms with Crippen LogP contribution in [0.25, 0.3) is 16.3 Å². The van der Waals surface area contributed by atoms with Crippen molar-refractivity contribution in [2.45, 2.75) is 31.1 Å². The van der Waals surface area contributed by atoms with Crippen molar-refractivity contribution in [3.63, 3.8) is 0 Å². The molecule has 0 atom stereocenters. The molecule has 1 aliphatic rings. The number of carbonyl (C=O) groups is 1. The maximum Gasteiger partial charge on any atom is 0.248 e. The van der Waals surface area contributed by atoms with E-state index in [4.69, 9.17) is 4.74 Å². The van der Waals surface area contributed by atoms with Gasteiger partial charge in [0, 0.05) is 19.2 Å². The van der Waals surface area contributed by atoms with Crippen LogP contribution >= 0.6 is 11.3 Å². The number of nitrogens with one attached hydrogen (secondary N) is 1. The maximum atomic E-state index is 13.0. The number of aromatic nitrogens is 1. The molecule has 3 aromatic rings. The highest BCUT2D eigenvalue weighted by atomic mass is 32.2. The third kappa shape index (κ3) is 5.01. The first-order valence-electron chi connectivity index (χ1n) is 10.6. The number of rotatable bonds is 7. The van der Waals surface area contributed by atoms with Crippen molar-refractivity contribution in [1.29, 1.82) is 0 Å². The van der Waals surface area contributed by atoms with E-state index in [1.807, 2.05) is 31.2 Å². The normalized spacial score (nSPS) is 15.3. The lowest BCUT2D eigenvalue weighted by Gasteiger charge is -2.26. The first-order valence-corrected chi connectivity index (χ1v) is 12.8. The molecule has 1 aromatic heterocycles. The lowest BCUT2D eigenvalue weighted by molar-refractivity contribution is -0.111. The monoisotopic (exact) mass is 471 g/mol. The summed E-state index contributed by atoms with van der Waals surface area (Å²) in [4.78, 5) is 17.2. The molecule has 0 spiro atoms. The van der Waals surface area contributed by atoms with Crippen LogP contribution in [-0.4, -0.2) is 43.3 Å². The van der Waals surface area contributed by atoms with E-state index in [9.17, 15) is 13.2 Å². The predicted molar refractivity (Wildman–Crippen MR) is 128 cm³/mol. The fraction of sp³-hybridized carbons (Fsp3) is 0.304. The molecule has 1 N–H and O–H groups in total. The Kier molecular flexibility index (Phi) is 6.88. The minimum Gasteiger partial charge on any atom is -0.492 e. The Labute approximate surface area is 191 Å². The van der Waals surface area contributed by atoms with Crippen LogP contribution in [0.3, 0.4) is 0 Å². The highest BCUT2D eigenvalue weighted by molar-refractivity contribution is 7.89. The Hall–Kier alpha value is -2.75. The zero-order chi connectivity index (χ0) is 22.6. The summed E-state index contributed by atoms with van der Waals surface area (Å²) in [5, 5.41) is 3.47. The van der Waals surface area contributed by atoms with E-state index in [0.717, 1.165) is 29.5 Å². The topological polar surface area (TPSA) is 88.6 Å². The maximum absolute atomic E-state index is 13.0. The van der Waals surface area contributed by atoms with Gasteiger partial charge in [0.25, 0.3) is 0 Å². The third-order valence-electron chi connectivity index (χ3n) is 5.15. The molecule has 0 aliphatic carbocycles. The lowest BCUT2D eigenvalue weighted by atomic mass is 10.2. The molecule has 1 aliphatic heterocycles. The average Bonchev–Trinajstić information content (AvgIpc) is 3.22. The largest absolute Gasteiger partial charge is 0.492 e. The Morgan fingerprint density at radius 3 is 2.72 bits per heavy atom. The number of ether oxygens (including phenoxy) is 1. The molecule has 1 amide bonds. The molecular weight excluding hydrogens is 446 g/mol. The van der Waals surface area contributed by atoms with Crippen LogP contribution in [0.15, 0.2) is 53.4 Å². The second-order valence-corrected chi connectivity index (χ2v) is 10.4. The van der Waals surface area contributed by atoms with E-state index >= 15 is 0 Å². The van der Waals surface area contributed by atoms with Gasteiger partial charge in [-0.25, -0.2) is 13.4 Å². The lowest BCUT2D eigenvalue weighted by Crippen LogP contribution is -2.35. The highest BCUT2D eigenvalue weighted by Gasteiger charge is 2.27. The summed E-state index contributed by atoms with van der Waals surface area (Å²) < 4.78 is 34.2. The third-order valence-corrected chi connectivity index (χ3v) is 8.05. The quantitative estimate of drug-likeness (QED) is 0.512. The number of thiazole rings is 1. The molecule has 4 rings (SSSR count).